The number of hydrogen-bond acceptors (Lipinski definition) is 6. The normalized spacial score (nSPS) is 11.2. The lowest BCUT2D eigenvalue weighted by Gasteiger charge is -2.15. The molecule has 0 saturated heterocycles. The first-order valence-electron chi connectivity index (χ1n) is 8.32. The highest BCUT2D eigenvalue weighted by atomic mass is 19.4. The molecule has 0 spiro atoms. The van der Waals surface area contributed by atoms with Crippen LogP contribution in [0.25, 0.3) is 0 Å². The number of carbonyl (C=O) groups is 3. The van der Waals surface area contributed by atoms with Gasteiger partial charge in [-0.2, -0.15) is 13.2 Å². The van der Waals surface area contributed by atoms with Crippen LogP contribution < -0.4 is 10.1 Å². The first kappa shape index (κ1) is 23.0. The fourth-order valence-corrected chi connectivity index (χ4v) is 1.84. The van der Waals surface area contributed by atoms with Gasteiger partial charge in [0.2, 0.25) is 0 Å². The Bertz CT molecular complexity index is 731. The van der Waals surface area contributed by atoms with Gasteiger partial charge in [-0.1, -0.05) is 6.92 Å². The van der Waals surface area contributed by atoms with Crippen molar-refractivity contribution in [2.45, 2.75) is 26.4 Å². The highest BCUT2D eigenvalue weighted by molar-refractivity contribution is 5.96. The number of halogens is 3. The number of amides is 1. The van der Waals surface area contributed by atoms with Crippen molar-refractivity contribution in [3.63, 3.8) is 0 Å². The molecule has 0 aromatic heterocycles. The summed E-state index contributed by atoms with van der Waals surface area (Å²) in [5.74, 6) is -2.57. The molecule has 0 fully saturated rings. The topological polar surface area (TPSA) is 90.9 Å². The summed E-state index contributed by atoms with van der Waals surface area (Å²) in [4.78, 5) is 34.4. The number of hydrogen-bond donors (Lipinski definition) is 1. The second kappa shape index (κ2) is 11.0. The van der Waals surface area contributed by atoms with Crippen LogP contribution in [0.4, 0.5) is 18.9 Å². The third-order valence-electron chi connectivity index (χ3n) is 3.03. The average molecular weight is 403 g/mol. The number of ether oxygens (including phenoxy) is 3. The number of rotatable bonds is 9. The zero-order valence-corrected chi connectivity index (χ0v) is 15.3. The summed E-state index contributed by atoms with van der Waals surface area (Å²) < 4.78 is 53.1. The van der Waals surface area contributed by atoms with Gasteiger partial charge in [0.05, 0.1) is 24.5 Å². The summed E-state index contributed by atoms with van der Waals surface area (Å²) in [6.45, 7) is 2.99. The molecule has 1 rings (SSSR count). The lowest BCUT2D eigenvalue weighted by molar-refractivity contribution is -0.143. The van der Waals surface area contributed by atoms with Gasteiger partial charge in [0, 0.05) is 12.2 Å². The van der Waals surface area contributed by atoms with Crippen molar-refractivity contribution >= 4 is 23.5 Å². The van der Waals surface area contributed by atoms with Crippen molar-refractivity contribution in [3.8, 4) is 5.75 Å². The number of carbonyl (C=O) groups excluding carboxylic acids is 3. The molecule has 0 aliphatic rings. The lowest BCUT2D eigenvalue weighted by Crippen LogP contribution is -2.21. The van der Waals surface area contributed by atoms with Crippen LogP contribution in [0.2, 0.25) is 0 Å². The minimum atomic E-state index is -4.60. The summed E-state index contributed by atoms with van der Waals surface area (Å²) in [7, 11) is 0. The SMILES string of the molecule is CCCOc1ccc(C(F)(F)F)cc1NC(=O)COC(=O)/C=C/C(=O)OCC. The van der Waals surface area contributed by atoms with E-state index >= 15 is 0 Å². The minimum Gasteiger partial charge on any atom is -0.491 e. The first-order chi connectivity index (χ1) is 13.2. The Morgan fingerprint density at radius 3 is 2.29 bits per heavy atom. The van der Waals surface area contributed by atoms with E-state index in [0.717, 1.165) is 30.4 Å². The molecule has 0 aliphatic heterocycles. The molecule has 28 heavy (non-hydrogen) atoms. The van der Waals surface area contributed by atoms with Gasteiger partial charge in [-0.3, -0.25) is 4.79 Å². The third-order valence-corrected chi connectivity index (χ3v) is 3.03. The fraction of sp³-hybridized carbons (Fsp3) is 0.389. The van der Waals surface area contributed by atoms with Crippen molar-refractivity contribution in [1.29, 1.82) is 0 Å². The third kappa shape index (κ3) is 8.11. The maximum Gasteiger partial charge on any atom is 0.416 e. The molecule has 0 radical (unpaired) electrons. The number of anilines is 1. The van der Waals surface area contributed by atoms with E-state index in [9.17, 15) is 27.6 Å². The molecule has 0 heterocycles. The zero-order chi connectivity index (χ0) is 21.2. The molecule has 0 atom stereocenters. The van der Waals surface area contributed by atoms with Crippen molar-refractivity contribution in [3.05, 3.63) is 35.9 Å². The maximum absolute atomic E-state index is 12.9. The molecule has 10 heteroatoms. The second-order valence-corrected chi connectivity index (χ2v) is 5.30. The van der Waals surface area contributed by atoms with E-state index in [0.29, 0.717) is 6.42 Å². The molecule has 7 nitrogen and oxygen atoms in total. The molecule has 0 unspecified atom stereocenters. The van der Waals surface area contributed by atoms with E-state index < -0.39 is 36.2 Å². The lowest BCUT2D eigenvalue weighted by atomic mass is 10.1. The molecule has 1 amide bonds. The van der Waals surface area contributed by atoms with E-state index in [4.69, 9.17) is 4.74 Å². The monoisotopic (exact) mass is 403 g/mol. The zero-order valence-electron chi connectivity index (χ0n) is 15.3. The van der Waals surface area contributed by atoms with Crippen LogP contribution in [0.5, 0.6) is 5.75 Å². The number of esters is 2. The maximum atomic E-state index is 12.9. The van der Waals surface area contributed by atoms with Crippen molar-refractivity contribution < 1.29 is 41.8 Å². The fourth-order valence-electron chi connectivity index (χ4n) is 1.84. The molecule has 0 aliphatic carbocycles. The number of nitrogens with one attached hydrogen (secondary N) is 1. The van der Waals surface area contributed by atoms with E-state index in [1.54, 1.807) is 6.92 Å². The van der Waals surface area contributed by atoms with Gasteiger partial charge in [-0.25, -0.2) is 9.59 Å². The molecular formula is C18H20F3NO6. The molecular weight excluding hydrogens is 383 g/mol. The summed E-state index contributed by atoms with van der Waals surface area (Å²) in [5.41, 5.74) is -1.17. The highest BCUT2D eigenvalue weighted by Gasteiger charge is 2.31. The highest BCUT2D eigenvalue weighted by Crippen LogP contribution is 2.35. The van der Waals surface area contributed by atoms with Gasteiger partial charge >= 0.3 is 18.1 Å². The molecule has 0 bridgehead atoms. The van der Waals surface area contributed by atoms with E-state index in [2.05, 4.69) is 14.8 Å². The molecule has 154 valence electrons. The van der Waals surface area contributed by atoms with Crippen molar-refractivity contribution in [1.82, 2.24) is 0 Å². The quantitative estimate of drug-likeness (QED) is 0.503. The molecule has 0 saturated carbocycles. The Kier molecular flexibility index (Phi) is 9.00. The van der Waals surface area contributed by atoms with E-state index in [1.807, 2.05) is 6.92 Å². The Hall–Kier alpha value is -3.04. The van der Waals surface area contributed by atoms with Gasteiger partial charge in [-0.05, 0) is 31.5 Å². The molecule has 1 N–H and O–H groups in total. The van der Waals surface area contributed by atoms with Crippen molar-refractivity contribution in [2.75, 3.05) is 25.1 Å². The molecule has 1 aromatic carbocycles. The van der Waals surface area contributed by atoms with Crippen LogP contribution >= 0.6 is 0 Å². The van der Waals surface area contributed by atoms with Gasteiger partial charge in [0.1, 0.15) is 5.75 Å². The predicted octanol–water partition coefficient (Wildman–Crippen LogP) is 3.10. The van der Waals surface area contributed by atoms with Crippen molar-refractivity contribution in [2.24, 2.45) is 0 Å². The van der Waals surface area contributed by atoms with Crippen LogP contribution in [-0.2, 0) is 30.0 Å². The van der Waals surface area contributed by atoms with Gasteiger partial charge < -0.3 is 19.5 Å². The van der Waals surface area contributed by atoms with Crippen LogP contribution in [0, 0.1) is 0 Å². The Morgan fingerprint density at radius 1 is 1.07 bits per heavy atom. The van der Waals surface area contributed by atoms with Crippen LogP contribution in [0.1, 0.15) is 25.8 Å². The second-order valence-electron chi connectivity index (χ2n) is 5.30. The molecule has 1 aromatic rings. The summed E-state index contributed by atoms with van der Waals surface area (Å²) in [5, 5.41) is 2.22. The van der Waals surface area contributed by atoms with Gasteiger partial charge in [0.15, 0.2) is 6.61 Å². The van der Waals surface area contributed by atoms with Crippen LogP contribution in [-0.4, -0.2) is 37.7 Å². The predicted molar refractivity (Wildman–Crippen MR) is 92.6 cm³/mol. The summed E-state index contributed by atoms with van der Waals surface area (Å²) in [6, 6.07) is 2.66. The van der Waals surface area contributed by atoms with Gasteiger partial charge in [-0.15, -0.1) is 0 Å². The average Bonchev–Trinajstić information content (AvgIpc) is 2.63. The number of alkyl halides is 3. The minimum absolute atomic E-state index is 0.0525. The first-order valence-corrected chi connectivity index (χ1v) is 8.32. The smallest absolute Gasteiger partial charge is 0.416 e. The Balaban J connectivity index is 2.75. The Morgan fingerprint density at radius 2 is 1.71 bits per heavy atom. The van der Waals surface area contributed by atoms with E-state index in [1.165, 1.54) is 0 Å². The standard InChI is InChI=1S/C18H20F3NO6/c1-3-9-27-14-6-5-12(18(19,20)21)10-13(14)22-15(23)11-28-17(25)8-7-16(24)26-4-2/h5-8,10H,3-4,9,11H2,1-2H3,(H,22,23)/b8-7+. The Labute approximate surface area is 159 Å². The van der Waals surface area contributed by atoms with E-state index in [-0.39, 0.29) is 24.7 Å². The summed E-state index contributed by atoms with van der Waals surface area (Å²) >= 11 is 0. The summed E-state index contributed by atoms with van der Waals surface area (Å²) in [6.07, 6.45) is -2.40. The van der Waals surface area contributed by atoms with Crippen LogP contribution in [0.3, 0.4) is 0 Å². The largest absolute Gasteiger partial charge is 0.491 e. The van der Waals surface area contributed by atoms with Crippen LogP contribution in [0.15, 0.2) is 30.4 Å². The van der Waals surface area contributed by atoms with Gasteiger partial charge in [0.25, 0.3) is 5.91 Å². The number of benzene rings is 1.